The number of halogens is 1. The summed E-state index contributed by atoms with van der Waals surface area (Å²) in [5, 5.41) is 26.7. The van der Waals surface area contributed by atoms with Crippen LogP contribution in [0, 0.1) is 11.7 Å². The minimum Gasteiger partial charge on any atom is -0.493 e. The summed E-state index contributed by atoms with van der Waals surface area (Å²) in [6.07, 6.45) is 14.2. The molecule has 3 amide bonds. The fraction of sp³-hybridized carbons (Fsp3) is 0.162. The van der Waals surface area contributed by atoms with E-state index in [2.05, 4.69) is 45.9 Å². The summed E-state index contributed by atoms with van der Waals surface area (Å²) < 4.78 is 37.7. The van der Waals surface area contributed by atoms with E-state index >= 15 is 0 Å². The lowest BCUT2D eigenvalue weighted by Crippen LogP contribution is -2.22. The molecule has 0 radical (unpaired) electrons. The first-order valence-electron chi connectivity index (χ1n) is 30.6. The topological polar surface area (TPSA) is 285 Å². The third-order valence-corrected chi connectivity index (χ3v) is 15.3. The van der Waals surface area contributed by atoms with Crippen LogP contribution in [0.2, 0.25) is 0 Å². The molecule has 20 nitrogen and oxygen atoms in total. The van der Waals surface area contributed by atoms with Gasteiger partial charge in [-0.3, -0.25) is 14.4 Å². The highest BCUT2D eigenvalue weighted by Crippen LogP contribution is 2.31. The van der Waals surface area contributed by atoms with Crippen molar-refractivity contribution in [1.82, 2.24) is 29.9 Å². The van der Waals surface area contributed by atoms with Gasteiger partial charge in [0.25, 0.3) is 11.8 Å². The Hall–Kier alpha value is -12.0. The highest BCUT2D eigenvalue weighted by Gasteiger charge is 2.20. The molecule has 3 aromatic heterocycles. The van der Waals surface area contributed by atoms with Gasteiger partial charge >= 0.3 is 11.9 Å². The number of aromatic amines is 3. The van der Waals surface area contributed by atoms with E-state index in [4.69, 9.17) is 24.1 Å². The number of aromatic nitrogens is 6. The number of ether oxygens (including phenoxy) is 4. The molecule has 0 atom stereocenters. The van der Waals surface area contributed by atoms with Crippen LogP contribution in [0.5, 0.6) is 17.2 Å². The van der Waals surface area contributed by atoms with E-state index in [1.54, 1.807) is 86.1 Å². The van der Waals surface area contributed by atoms with Crippen molar-refractivity contribution >= 4 is 46.7 Å². The Balaban J connectivity index is 0.000000155. The largest absolute Gasteiger partial charge is 0.493 e. The van der Waals surface area contributed by atoms with Crippen LogP contribution in [0.15, 0.2) is 226 Å². The number of nitrogens with zero attached hydrogens (tertiary/aromatic N) is 3. The highest BCUT2D eigenvalue weighted by molar-refractivity contribution is 6.10. The Morgan fingerprint density at radius 2 is 0.926 bits per heavy atom. The van der Waals surface area contributed by atoms with E-state index in [0.29, 0.717) is 98.6 Å². The number of benzene rings is 8. The van der Waals surface area contributed by atoms with Crippen molar-refractivity contribution in [3.8, 4) is 51.0 Å². The van der Waals surface area contributed by atoms with Gasteiger partial charge in [-0.25, -0.2) is 28.9 Å². The number of para-hydroxylation sites is 3. The Bertz CT molecular complexity index is 4310. The second-order valence-corrected chi connectivity index (χ2v) is 21.8. The van der Waals surface area contributed by atoms with Crippen LogP contribution in [-0.4, -0.2) is 103 Å². The van der Waals surface area contributed by atoms with Gasteiger partial charge in [-0.1, -0.05) is 84.9 Å². The molecule has 1 aliphatic rings. The minimum atomic E-state index is -1.14. The molecule has 8 N–H and O–H groups in total. The first kappa shape index (κ1) is 66.0. The first-order valence-corrected chi connectivity index (χ1v) is 30.6. The third kappa shape index (κ3) is 19.1. The molecule has 4 heterocycles. The molecule has 21 heteroatoms. The monoisotopic (exact) mass is 1280 g/mol. The standard InChI is InChI=1S/2C25H21N3O4.C24H26FN3O3/c29-24(18-4-3-5-19(14-18)25(30)31)28-20-10-8-17(9-11-20)12-13-32-23-7-2-1-6-21(23)22-15-26-16-27-22;29-24(19-5-1-2-6-20(19)25(30)31)28-18-11-9-17(10-12-18)13-14-32-23-8-4-3-7-21(23)22-15-26-16-27-22;25-21-14-19(28-24(29)13-17-7-10-30-11-8-17)6-5-18(21)9-12-31-23-4-2-1-3-20(23)22-15-26-16-27-22/h1-11,14-16H,12-13H2,(H,26,27)(H,28,29)(H,30,31);1-12,15-16H,13-14H2,(H,26,27)(H,28,29)(H,30,31);1-6,14-17H,7-13H2,(H,26,27)(H,28,29). The zero-order valence-electron chi connectivity index (χ0n) is 51.5. The van der Waals surface area contributed by atoms with Crippen LogP contribution in [0.3, 0.4) is 0 Å². The molecule has 1 saturated heterocycles. The van der Waals surface area contributed by atoms with E-state index in [9.17, 15) is 33.5 Å². The number of hydrogen-bond donors (Lipinski definition) is 8. The third-order valence-electron chi connectivity index (χ3n) is 15.3. The van der Waals surface area contributed by atoms with E-state index in [-0.39, 0.29) is 34.3 Å². The molecule has 12 rings (SSSR count). The molecule has 11 aromatic rings. The van der Waals surface area contributed by atoms with Gasteiger partial charge in [0, 0.05) is 78.2 Å². The Kier molecular flexibility index (Phi) is 23.2. The highest BCUT2D eigenvalue weighted by atomic mass is 19.1. The first-order chi connectivity index (χ1) is 46.4. The lowest BCUT2D eigenvalue weighted by atomic mass is 9.96. The molecule has 0 unspecified atom stereocenters. The van der Waals surface area contributed by atoms with E-state index in [1.165, 1.54) is 30.3 Å². The minimum absolute atomic E-state index is 0.0332. The summed E-state index contributed by atoms with van der Waals surface area (Å²) in [4.78, 5) is 80.9. The SMILES string of the molecule is O=C(CC1CCOCC1)Nc1ccc(CCOc2ccccc2-c2cnc[nH]2)c(F)c1.O=C(O)c1cccc(C(=O)Nc2ccc(CCOc3ccccc3-c3cnc[nH]3)cc2)c1.O=C(O)c1ccccc1C(=O)Nc1ccc(CCOc2ccccc2-c2cnc[nH]2)cc1. The lowest BCUT2D eigenvalue weighted by Gasteiger charge is -2.21. The van der Waals surface area contributed by atoms with Gasteiger partial charge in [0.2, 0.25) is 5.91 Å². The van der Waals surface area contributed by atoms with Gasteiger partial charge in [-0.05, 0) is 139 Å². The average Bonchev–Trinajstić information content (AvgIpc) is 2.48. The number of imidazole rings is 3. The smallest absolute Gasteiger partial charge is 0.336 e. The van der Waals surface area contributed by atoms with Gasteiger partial charge in [0.1, 0.15) is 23.1 Å². The zero-order valence-corrected chi connectivity index (χ0v) is 51.5. The number of carboxylic acid groups (broad SMARTS) is 2. The van der Waals surface area contributed by atoms with Crippen molar-refractivity contribution in [1.29, 1.82) is 0 Å². The molecule has 0 spiro atoms. The van der Waals surface area contributed by atoms with E-state index in [1.807, 2.05) is 109 Å². The van der Waals surface area contributed by atoms with E-state index < -0.39 is 17.8 Å². The molecular formula is C74H68FN9O11. The van der Waals surface area contributed by atoms with Crippen molar-refractivity contribution in [2.75, 3.05) is 49.0 Å². The quantitative estimate of drug-likeness (QED) is 0.0279. The molecule has 8 aromatic carbocycles. The van der Waals surface area contributed by atoms with Gasteiger partial charge in [0.15, 0.2) is 0 Å². The Labute approximate surface area is 546 Å². The van der Waals surface area contributed by atoms with Crippen molar-refractivity contribution in [2.24, 2.45) is 5.92 Å². The molecule has 1 fully saturated rings. The van der Waals surface area contributed by atoms with Crippen molar-refractivity contribution in [3.63, 3.8) is 0 Å². The van der Waals surface area contributed by atoms with Crippen molar-refractivity contribution in [3.05, 3.63) is 270 Å². The summed E-state index contributed by atoms with van der Waals surface area (Å²) in [5.41, 5.74) is 10.3. The summed E-state index contributed by atoms with van der Waals surface area (Å²) in [7, 11) is 0. The molecule has 1 aliphatic heterocycles. The maximum atomic E-state index is 14.6. The van der Waals surface area contributed by atoms with Crippen LogP contribution in [0.1, 0.15) is 77.4 Å². The van der Waals surface area contributed by atoms with Crippen LogP contribution >= 0.6 is 0 Å². The van der Waals surface area contributed by atoms with Crippen LogP contribution in [0.25, 0.3) is 33.8 Å². The van der Waals surface area contributed by atoms with E-state index in [0.717, 1.165) is 69.2 Å². The maximum Gasteiger partial charge on any atom is 0.336 e. The molecule has 95 heavy (non-hydrogen) atoms. The Morgan fingerprint density at radius 1 is 0.474 bits per heavy atom. The van der Waals surface area contributed by atoms with Crippen LogP contribution < -0.4 is 30.2 Å². The summed E-state index contributed by atoms with van der Waals surface area (Å²) in [6.45, 7) is 2.73. The number of carbonyl (C=O) groups is 5. The number of carbonyl (C=O) groups excluding carboxylic acids is 3. The number of rotatable bonds is 24. The molecule has 0 aliphatic carbocycles. The van der Waals surface area contributed by atoms with Crippen LogP contribution in [0.4, 0.5) is 21.5 Å². The van der Waals surface area contributed by atoms with Gasteiger partial charge in [-0.2, -0.15) is 0 Å². The number of nitrogens with one attached hydrogen (secondary N) is 6. The average molecular weight is 1280 g/mol. The maximum absolute atomic E-state index is 14.6. The zero-order chi connectivity index (χ0) is 66.1. The summed E-state index contributed by atoms with van der Waals surface area (Å²) in [6, 6.07) is 54.9. The van der Waals surface area contributed by atoms with Crippen LogP contribution in [-0.2, 0) is 28.8 Å². The fourth-order valence-corrected chi connectivity index (χ4v) is 10.3. The second kappa shape index (κ2) is 33.4. The summed E-state index contributed by atoms with van der Waals surface area (Å²) >= 11 is 0. The second-order valence-electron chi connectivity index (χ2n) is 21.8. The predicted octanol–water partition coefficient (Wildman–Crippen LogP) is 13.9. The van der Waals surface area contributed by atoms with Gasteiger partial charge in [-0.15, -0.1) is 0 Å². The number of carboxylic acids is 2. The number of H-pyrrole nitrogens is 3. The van der Waals surface area contributed by atoms with Crippen molar-refractivity contribution < 1.29 is 57.5 Å². The number of amides is 3. The molecule has 0 bridgehead atoms. The van der Waals surface area contributed by atoms with Gasteiger partial charge < -0.3 is 60.1 Å². The van der Waals surface area contributed by atoms with Gasteiger partial charge in [0.05, 0.1) is 91.2 Å². The lowest BCUT2D eigenvalue weighted by molar-refractivity contribution is -0.117. The number of anilines is 3. The number of hydrogen-bond acceptors (Lipinski definition) is 12. The van der Waals surface area contributed by atoms with Crippen molar-refractivity contribution in [2.45, 2.75) is 38.5 Å². The Morgan fingerprint density at radius 3 is 1.40 bits per heavy atom. The molecule has 482 valence electrons. The summed E-state index contributed by atoms with van der Waals surface area (Å²) in [5.74, 6) is -0.870. The number of aromatic carboxylic acids is 2. The molecule has 0 saturated carbocycles. The fourth-order valence-electron chi connectivity index (χ4n) is 10.3. The predicted molar refractivity (Wildman–Crippen MR) is 358 cm³/mol. The normalized spacial score (nSPS) is 11.8. The molecular weight excluding hydrogens is 1210 g/mol.